The lowest BCUT2D eigenvalue weighted by atomic mass is 10.1. The van der Waals surface area contributed by atoms with E-state index in [2.05, 4.69) is 10.0 Å². The van der Waals surface area contributed by atoms with E-state index in [1.54, 1.807) is 18.2 Å². The average molecular weight is 463 g/mol. The summed E-state index contributed by atoms with van der Waals surface area (Å²) in [5, 5.41) is 3.68. The van der Waals surface area contributed by atoms with Crippen molar-refractivity contribution in [3.63, 3.8) is 0 Å². The Balaban J connectivity index is 1.58. The van der Waals surface area contributed by atoms with Crippen molar-refractivity contribution in [2.45, 2.75) is 17.7 Å². The number of halogens is 2. The number of hydrogen-bond acceptors (Lipinski definition) is 3. The molecule has 30 heavy (non-hydrogen) atoms. The van der Waals surface area contributed by atoms with E-state index in [1.165, 1.54) is 30.3 Å². The number of amides is 1. The fourth-order valence-corrected chi connectivity index (χ4v) is 4.44. The second kappa shape index (κ2) is 9.98. The SMILES string of the molecule is O=C(NCCCc1ccccc1Cl)c1ccc(NS(=O)(=O)c2ccccc2)c(Cl)c1. The van der Waals surface area contributed by atoms with Gasteiger partial charge in [0.25, 0.3) is 15.9 Å². The number of carbonyl (C=O) groups is 1. The Morgan fingerprint density at radius 2 is 1.57 bits per heavy atom. The molecule has 0 saturated carbocycles. The van der Waals surface area contributed by atoms with Gasteiger partial charge in [0, 0.05) is 17.1 Å². The van der Waals surface area contributed by atoms with Crippen LogP contribution < -0.4 is 10.0 Å². The molecule has 2 N–H and O–H groups in total. The van der Waals surface area contributed by atoms with Crippen LogP contribution in [0.2, 0.25) is 10.0 Å². The van der Waals surface area contributed by atoms with Crippen LogP contribution in [0.4, 0.5) is 5.69 Å². The Hall–Kier alpha value is -2.54. The fourth-order valence-electron chi connectivity index (χ4n) is 2.83. The number of anilines is 1. The van der Waals surface area contributed by atoms with E-state index in [9.17, 15) is 13.2 Å². The molecule has 0 aliphatic carbocycles. The Morgan fingerprint density at radius 1 is 0.867 bits per heavy atom. The van der Waals surface area contributed by atoms with E-state index in [0.29, 0.717) is 17.1 Å². The molecule has 0 unspecified atom stereocenters. The van der Waals surface area contributed by atoms with Crippen molar-refractivity contribution in [1.29, 1.82) is 0 Å². The maximum Gasteiger partial charge on any atom is 0.261 e. The van der Waals surface area contributed by atoms with Gasteiger partial charge in [0.2, 0.25) is 0 Å². The van der Waals surface area contributed by atoms with E-state index in [-0.39, 0.29) is 21.5 Å². The van der Waals surface area contributed by atoms with Gasteiger partial charge in [-0.3, -0.25) is 9.52 Å². The second-order valence-electron chi connectivity index (χ2n) is 6.56. The molecule has 0 spiro atoms. The third-order valence-corrected chi connectivity index (χ3v) is 6.46. The minimum Gasteiger partial charge on any atom is -0.352 e. The predicted octanol–water partition coefficient (Wildman–Crippen LogP) is 5.16. The van der Waals surface area contributed by atoms with Gasteiger partial charge >= 0.3 is 0 Å². The van der Waals surface area contributed by atoms with Crippen LogP contribution in [-0.4, -0.2) is 20.9 Å². The van der Waals surface area contributed by atoms with Gasteiger partial charge in [-0.1, -0.05) is 59.6 Å². The smallest absolute Gasteiger partial charge is 0.261 e. The summed E-state index contributed by atoms with van der Waals surface area (Å²) in [5.74, 6) is -0.284. The topological polar surface area (TPSA) is 75.3 Å². The van der Waals surface area contributed by atoms with Gasteiger partial charge in [0.05, 0.1) is 15.6 Å². The third-order valence-electron chi connectivity index (χ3n) is 4.40. The summed E-state index contributed by atoms with van der Waals surface area (Å²) in [5.41, 5.74) is 1.59. The quantitative estimate of drug-likeness (QED) is 0.454. The molecular formula is C22H20Cl2N2O3S. The summed E-state index contributed by atoms with van der Waals surface area (Å²) < 4.78 is 27.3. The van der Waals surface area contributed by atoms with E-state index < -0.39 is 10.0 Å². The summed E-state index contributed by atoms with van der Waals surface area (Å²) in [7, 11) is -3.76. The number of aryl methyl sites for hydroxylation is 1. The van der Waals surface area contributed by atoms with Crippen molar-refractivity contribution < 1.29 is 13.2 Å². The van der Waals surface area contributed by atoms with Crippen LogP contribution in [0.25, 0.3) is 0 Å². The van der Waals surface area contributed by atoms with Crippen LogP contribution in [0.15, 0.2) is 77.7 Å². The lowest BCUT2D eigenvalue weighted by molar-refractivity contribution is 0.0953. The highest BCUT2D eigenvalue weighted by Crippen LogP contribution is 2.26. The van der Waals surface area contributed by atoms with Crippen molar-refractivity contribution in [1.82, 2.24) is 5.32 Å². The van der Waals surface area contributed by atoms with E-state index >= 15 is 0 Å². The highest BCUT2D eigenvalue weighted by Gasteiger charge is 2.16. The lowest BCUT2D eigenvalue weighted by Crippen LogP contribution is -2.24. The zero-order valence-corrected chi connectivity index (χ0v) is 18.3. The molecule has 0 saturated heterocycles. The second-order valence-corrected chi connectivity index (χ2v) is 9.06. The molecule has 0 fully saturated rings. The molecule has 156 valence electrons. The third kappa shape index (κ3) is 5.75. The monoisotopic (exact) mass is 462 g/mol. The molecule has 0 aromatic heterocycles. The summed E-state index contributed by atoms with van der Waals surface area (Å²) in [4.78, 5) is 12.5. The van der Waals surface area contributed by atoms with Crippen molar-refractivity contribution >= 4 is 44.8 Å². The molecule has 1 amide bonds. The van der Waals surface area contributed by atoms with Gasteiger partial charge in [-0.05, 0) is 54.8 Å². The Kier molecular flexibility index (Phi) is 7.37. The summed E-state index contributed by atoms with van der Waals surface area (Å²) in [6.45, 7) is 0.476. The van der Waals surface area contributed by atoms with Gasteiger partial charge < -0.3 is 5.32 Å². The highest BCUT2D eigenvalue weighted by molar-refractivity contribution is 7.92. The standard InChI is InChI=1S/C22H20Cl2N2O3S/c23-19-11-5-4-7-16(19)8-6-14-25-22(27)17-12-13-21(20(24)15-17)26-30(28,29)18-9-2-1-3-10-18/h1-5,7,9-13,15,26H,6,8,14H2,(H,25,27). The van der Waals surface area contributed by atoms with Gasteiger partial charge in [0.15, 0.2) is 0 Å². The molecule has 3 aromatic rings. The molecule has 5 nitrogen and oxygen atoms in total. The first-order valence-electron chi connectivity index (χ1n) is 9.26. The van der Waals surface area contributed by atoms with Gasteiger partial charge in [-0.15, -0.1) is 0 Å². The Labute approximate surface area is 186 Å². The van der Waals surface area contributed by atoms with Crippen LogP contribution in [0.5, 0.6) is 0 Å². The van der Waals surface area contributed by atoms with Crippen molar-refractivity contribution in [2.75, 3.05) is 11.3 Å². The summed E-state index contributed by atoms with van der Waals surface area (Å²) >= 11 is 12.3. The van der Waals surface area contributed by atoms with Crippen LogP contribution in [0.1, 0.15) is 22.3 Å². The lowest BCUT2D eigenvalue weighted by Gasteiger charge is -2.11. The molecular weight excluding hydrogens is 443 g/mol. The predicted molar refractivity (Wildman–Crippen MR) is 121 cm³/mol. The Morgan fingerprint density at radius 3 is 2.27 bits per heavy atom. The zero-order chi connectivity index (χ0) is 21.6. The molecule has 3 aromatic carbocycles. The first-order valence-corrected chi connectivity index (χ1v) is 11.5. The van der Waals surface area contributed by atoms with Crippen molar-refractivity contribution in [3.8, 4) is 0 Å². The van der Waals surface area contributed by atoms with E-state index in [1.807, 2.05) is 24.3 Å². The fraction of sp³-hybridized carbons (Fsp3) is 0.136. The molecule has 0 atom stereocenters. The number of benzene rings is 3. The van der Waals surface area contributed by atoms with Crippen molar-refractivity contribution in [2.24, 2.45) is 0 Å². The van der Waals surface area contributed by atoms with E-state index in [0.717, 1.165) is 18.4 Å². The van der Waals surface area contributed by atoms with E-state index in [4.69, 9.17) is 23.2 Å². The number of sulfonamides is 1. The zero-order valence-electron chi connectivity index (χ0n) is 15.9. The molecule has 8 heteroatoms. The summed E-state index contributed by atoms with van der Waals surface area (Å²) in [6, 6.07) is 20.0. The maximum atomic E-state index is 12.4. The van der Waals surface area contributed by atoms with Gasteiger partial charge in [-0.25, -0.2) is 8.42 Å². The number of carbonyl (C=O) groups excluding carboxylic acids is 1. The molecule has 0 aliphatic heterocycles. The van der Waals surface area contributed by atoms with Gasteiger partial charge in [-0.2, -0.15) is 0 Å². The molecule has 0 radical (unpaired) electrons. The van der Waals surface area contributed by atoms with Crippen LogP contribution in [0, 0.1) is 0 Å². The van der Waals surface area contributed by atoms with Crippen LogP contribution in [-0.2, 0) is 16.4 Å². The molecule has 0 bridgehead atoms. The average Bonchev–Trinajstić information content (AvgIpc) is 2.74. The Bertz CT molecular complexity index is 1140. The van der Waals surface area contributed by atoms with Crippen LogP contribution in [0.3, 0.4) is 0 Å². The molecule has 0 heterocycles. The molecule has 0 aliphatic rings. The summed E-state index contributed by atoms with van der Waals surface area (Å²) in [6.07, 6.45) is 1.49. The van der Waals surface area contributed by atoms with Crippen LogP contribution >= 0.6 is 23.2 Å². The largest absolute Gasteiger partial charge is 0.352 e. The first-order chi connectivity index (χ1) is 14.4. The van der Waals surface area contributed by atoms with Crippen molar-refractivity contribution in [3.05, 3.63) is 94.0 Å². The number of hydrogen-bond donors (Lipinski definition) is 2. The minimum absolute atomic E-state index is 0.126. The normalized spacial score (nSPS) is 11.1. The highest BCUT2D eigenvalue weighted by atomic mass is 35.5. The first kappa shape index (κ1) is 22.2. The minimum atomic E-state index is -3.76. The number of rotatable bonds is 8. The number of nitrogens with one attached hydrogen (secondary N) is 2. The molecule has 3 rings (SSSR count). The van der Waals surface area contributed by atoms with Gasteiger partial charge in [0.1, 0.15) is 0 Å². The maximum absolute atomic E-state index is 12.4.